The second-order valence-electron chi connectivity index (χ2n) is 8.99. The number of rotatable bonds is 5. The van der Waals surface area contributed by atoms with Crippen molar-refractivity contribution in [2.75, 3.05) is 6.61 Å². The molecule has 1 N–H and O–H groups in total. The first-order valence-electron chi connectivity index (χ1n) is 9.67. The van der Waals surface area contributed by atoms with Gasteiger partial charge in [0.2, 0.25) is 0 Å². The Hall–Kier alpha value is -2.71. The fourth-order valence-electron chi connectivity index (χ4n) is 3.86. The number of carbonyl (C=O) groups excluding carboxylic acids is 1. The summed E-state index contributed by atoms with van der Waals surface area (Å²) in [7, 11) is 0. The highest BCUT2D eigenvalue weighted by molar-refractivity contribution is 5.69. The summed E-state index contributed by atoms with van der Waals surface area (Å²) in [5.74, 6) is -1.50. The molecule has 4 atom stereocenters. The number of ether oxygens (including phenoxy) is 2. The van der Waals surface area contributed by atoms with E-state index in [9.17, 15) is 14.4 Å². The van der Waals surface area contributed by atoms with Gasteiger partial charge in [0, 0.05) is 17.9 Å². The van der Waals surface area contributed by atoms with E-state index in [2.05, 4.69) is 10.2 Å². The lowest BCUT2D eigenvalue weighted by Gasteiger charge is -2.38. The average Bonchev–Trinajstić information content (AvgIpc) is 2.97. The first kappa shape index (κ1) is 23.6. The van der Waals surface area contributed by atoms with Crippen LogP contribution in [0.4, 0.5) is 13.6 Å². The van der Waals surface area contributed by atoms with E-state index in [1.54, 1.807) is 26.8 Å². The average molecular weight is 419 g/mol. The van der Waals surface area contributed by atoms with Gasteiger partial charge in [0.1, 0.15) is 22.6 Å². The van der Waals surface area contributed by atoms with Crippen LogP contribution in [0.2, 0.25) is 0 Å². The largest absolute Gasteiger partial charge is 0.444 e. The van der Waals surface area contributed by atoms with Crippen molar-refractivity contribution in [2.45, 2.75) is 70.0 Å². The Morgan fingerprint density at radius 1 is 1.43 bits per heavy atom. The number of alkyl halides is 1. The van der Waals surface area contributed by atoms with Gasteiger partial charge >= 0.3 is 12.1 Å². The summed E-state index contributed by atoms with van der Waals surface area (Å²) in [5, 5.41) is 12.0. The number of amides is 1. The van der Waals surface area contributed by atoms with E-state index in [0.717, 1.165) is 0 Å². The van der Waals surface area contributed by atoms with Crippen LogP contribution in [0, 0.1) is 29.6 Å². The van der Waals surface area contributed by atoms with E-state index in [1.807, 2.05) is 6.07 Å². The molecule has 1 aromatic rings. The van der Waals surface area contributed by atoms with Gasteiger partial charge in [-0.1, -0.05) is 18.2 Å². The molecule has 8 heteroatoms. The Labute approximate surface area is 176 Å². The van der Waals surface area contributed by atoms with E-state index in [1.165, 1.54) is 32.0 Å². The molecule has 1 heterocycles. The second-order valence-corrected chi connectivity index (χ2v) is 8.99. The highest BCUT2D eigenvalue weighted by atomic mass is 19.1. The Morgan fingerprint density at radius 2 is 2.07 bits per heavy atom. The van der Waals surface area contributed by atoms with Gasteiger partial charge in [0.25, 0.3) is 0 Å². The Kier molecular flexibility index (Phi) is 6.73. The highest BCUT2D eigenvalue weighted by Gasteiger charge is 2.58. The molecule has 0 aromatic heterocycles. The van der Waals surface area contributed by atoms with Gasteiger partial charge in [-0.05, 0) is 40.7 Å². The number of hydrogen-bond donors (Lipinski definition) is 1. The molecule has 1 aromatic carbocycles. The van der Waals surface area contributed by atoms with Crippen molar-refractivity contribution in [2.24, 2.45) is 5.92 Å². The van der Waals surface area contributed by atoms with Gasteiger partial charge in [0.05, 0.1) is 12.7 Å². The maximum atomic E-state index is 15.0. The lowest BCUT2D eigenvalue weighted by Crippen LogP contribution is -2.55. The maximum absolute atomic E-state index is 15.0. The van der Waals surface area contributed by atoms with Crippen LogP contribution in [0.5, 0.6) is 0 Å². The number of benzene rings is 1. The predicted octanol–water partition coefficient (Wildman–Crippen LogP) is 4.51. The number of alkyl carbamates (subject to hydrolysis) is 1. The summed E-state index contributed by atoms with van der Waals surface area (Å²) in [6.45, 7) is 14.7. The molecular formula is C22H27F2N3O3. The second kappa shape index (κ2) is 8.57. The summed E-state index contributed by atoms with van der Waals surface area (Å²) in [5.41, 5.74) is -4.11. The van der Waals surface area contributed by atoms with Crippen LogP contribution in [0.25, 0.3) is 4.85 Å². The molecule has 1 aliphatic heterocycles. The highest BCUT2D eigenvalue weighted by Crippen LogP contribution is 2.47. The first-order valence-corrected chi connectivity index (χ1v) is 9.67. The molecule has 1 fully saturated rings. The van der Waals surface area contributed by atoms with Gasteiger partial charge in [-0.15, -0.1) is 0 Å². The van der Waals surface area contributed by atoms with Crippen molar-refractivity contribution in [1.29, 1.82) is 5.26 Å². The molecule has 1 unspecified atom stereocenters. The van der Waals surface area contributed by atoms with Crippen LogP contribution >= 0.6 is 0 Å². The summed E-state index contributed by atoms with van der Waals surface area (Å²) >= 11 is 0. The number of nitrogens with zero attached hydrogens (tertiary/aromatic N) is 2. The molecule has 1 aliphatic rings. The molecule has 30 heavy (non-hydrogen) atoms. The van der Waals surface area contributed by atoms with Crippen LogP contribution in [-0.2, 0) is 15.0 Å². The summed E-state index contributed by atoms with van der Waals surface area (Å²) in [6.07, 6.45) is -2.01. The standard InChI is InChI=1S/C22H27F2N3O3/c1-20(2,3)30-19(28)27-22(15-9-7-8-10-17(15)23)13-29-18(21(4,5)24)16(22)11-14(12-25)26-6/h7-10,14,16,18H,11,13H2,1-5H3,(H,27,28)/t14?,16-,18+,22-/m1/s1. The zero-order chi connectivity index (χ0) is 22.7. The molecule has 0 saturated carbocycles. The molecule has 0 radical (unpaired) electrons. The Bertz CT molecular complexity index is 850. The van der Waals surface area contributed by atoms with E-state index >= 15 is 4.39 Å². The fourth-order valence-corrected chi connectivity index (χ4v) is 3.86. The van der Waals surface area contributed by atoms with Crippen molar-refractivity contribution < 1.29 is 23.0 Å². The van der Waals surface area contributed by atoms with Crippen molar-refractivity contribution in [1.82, 2.24) is 5.32 Å². The van der Waals surface area contributed by atoms with E-state index in [4.69, 9.17) is 16.0 Å². The van der Waals surface area contributed by atoms with Gasteiger partial charge < -0.3 is 14.8 Å². The number of hydrogen-bond acceptors (Lipinski definition) is 4. The third-order valence-electron chi connectivity index (χ3n) is 5.03. The number of nitriles is 1. The molecule has 0 spiro atoms. The van der Waals surface area contributed by atoms with Gasteiger partial charge in [-0.3, -0.25) is 4.85 Å². The molecule has 1 amide bonds. The summed E-state index contributed by atoms with van der Waals surface area (Å²) in [4.78, 5) is 16.0. The van der Waals surface area contributed by atoms with Gasteiger partial charge in [0.15, 0.2) is 6.07 Å². The Balaban J connectivity index is 2.62. The van der Waals surface area contributed by atoms with Crippen LogP contribution in [0.3, 0.4) is 0 Å². The van der Waals surface area contributed by atoms with Gasteiger partial charge in [-0.25, -0.2) is 20.1 Å². The third-order valence-corrected chi connectivity index (χ3v) is 5.03. The van der Waals surface area contributed by atoms with E-state index in [-0.39, 0.29) is 18.6 Å². The minimum atomic E-state index is -1.87. The summed E-state index contributed by atoms with van der Waals surface area (Å²) in [6, 6.07) is 6.58. The fraction of sp³-hybridized carbons (Fsp3) is 0.591. The molecule has 0 bridgehead atoms. The quantitative estimate of drug-likeness (QED) is 0.713. The SMILES string of the molecule is [C-]#[N+]C(C#N)C[C@@H]1[C@@H](C(C)(C)F)OC[C@@]1(NC(=O)OC(C)(C)C)c1ccccc1F. The minimum absolute atomic E-state index is 0.0919. The molecule has 1 saturated heterocycles. The van der Waals surface area contributed by atoms with Crippen molar-refractivity contribution in [3.05, 3.63) is 47.1 Å². The minimum Gasteiger partial charge on any atom is -0.444 e. The number of carbonyl (C=O) groups is 1. The molecular weight excluding hydrogens is 392 g/mol. The molecule has 6 nitrogen and oxygen atoms in total. The first-order chi connectivity index (χ1) is 13.8. The Morgan fingerprint density at radius 3 is 2.57 bits per heavy atom. The number of halogens is 2. The predicted molar refractivity (Wildman–Crippen MR) is 106 cm³/mol. The van der Waals surface area contributed by atoms with E-state index in [0.29, 0.717) is 0 Å². The van der Waals surface area contributed by atoms with Crippen molar-refractivity contribution in [3.8, 4) is 6.07 Å². The maximum Gasteiger partial charge on any atom is 0.408 e. The van der Waals surface area contributed by atoms with Crippen LogP contribution in [-0.4, -0.2) is 36.1 Å². The normalized spacial score (nSPS) is 25.1. The zero-order valence-corrected chi connectivity index (χ0v) is 17.8. The van der Waals surface area contributed by atoms with Gasteiger partial charge in [-0.2, -0.15) is 5.26 Å². The topological polar surface area (TPSA) is 75.7 Å². The third kappa shape index (κ3) is 5.06. The lowest BCUT2D eigenvalue weighted by atomic mass is 9.72. The molecule has 2 rings (SSSR count). The smallest absolute Gasteiger partial charge is 0.408 e. The van der Waals surface area contributed by atoms with Crippen LogP contribution in [0.1, 0.15) is 46.6 Å². The lowest BCUT2D eigenvalue weighted by molar-refractivity contribution is -0.0257. The number of nitrogens with one attached hydrogen (secondary N) is 1. The van der Waals surface area contributed by atoms with E-state index < -0.39 is 46.8 Å². The summed E-state index contributed by atoms with van der Waals surface area (Å²) < 4.78 is 41.1. The molecule has 162 valence electrons. The molecule has 0 aliphatic carbocycles. The zero-order valence-electron chi connectivity index (χ0n) is 17.8. The monoisotopic (exact) mass is 419 g/mol. The van der Waals surface area contributed by atoms with Crippen molar-refractivity contribution >= 4 is 6.09 Å². The van der Waals surface area contributed by atoms with Crippen molar-refractivity contribution in [3.63, 3.8) is 0 Å². The van der Waals surface area contributed by atoms with Crippen LogP contribution < -0.4 is 5.32 Å². The van der Waals surface area contributed by atoms with Crippen LogP contribution in [0.15, 0.2) is 24.3 Å².